The third-order valence-electron chi connectivity index (χ3n) is 5.16. The predicted molar refractivity (Wildman–Crippen MR) is 120 cm³/mol. The maximum absolute atomic E-state index is 14.7. The molecule has 10 heteroatoms. The van der Waals surface area contributed by atoms with Gasteiger partial charge < -0.3 is 14.6 Å². The van der Waals surface area contributed by atoms with E-state index in [9.17, 15) is 23.5 Å². The topological polar surface area (TPSA) is 76.1 Å². The van der Waals surface area contributed by atoms with Gasteiger partial charge in [0.1, 0.15) is 34.9 Å². The molecule has 4 rings (SSSR count). The number of hydrogen-bond acceptors (Lipinski definition) is 6. The lowest BCUT2D eigenvalue weighted by atomic mass is 9.99. The van der Waals surface area contributed by atoms with E-state index in [1.54, 1.807) is 17.5 Å². The summed E-state index contributed by atoms with van der Waals surface area (Å²) in [5.41, 5.74) is -0.525. The molecular formula is C23H16ClF2NO5S. The van der Waals surface area contributed by atoms with E-state index in [-0.39, 0.29) is 33.3 Å². The Morgan fingerprint density at radius 2 is 1.82 bits per heavy atom. The number of halogens is 3. The molecule has 0 radical (unpaired) electrons. The summed E-state index contributed by atoms with van der Waals surface area (Å²) in [6.07, 6.45) is 0. The SMILES string of the molecule is COc1cc(/C(O)=C2\C(=O)C(=O)N(c3ccc(F)cc3F)C2c2cccs2)c(OC)cc1Cl. The molecule has 1 atom stereocenters. The van der Waals surface area contributed by atoms with Gasteiger partial charge in [0.05, 0.1) is 36.1 Å². The number of thiophene rings is 1. The molecule has 1 saturated heterocycles. The van der Waals surface area contributed by atoms with Gasteiger partial charge >= 0.3 is 0 Å². The molecule has 1 N–H and O–H groups in total. The monoisotopic (exact) mass is 491 g/mol. The Morgan fingerprint density at radius 1 is 1.09 bits per heavy atom. The Labute approximate surface area is 196 Å². The fourth-order valence-electron chi connectivity index (χ4n) is 3.66. The molecule has 2 heterocycles. The predicted octanol–water partition coefficient (Wildman–Crippen LogP) is 5.32. The van der Waals surface area contributed by atoms with Crippen molar-refractivity contribution in [3.05, 3.63) is 80.5 Å². The third-order valence-corrected chi connectivity index (χ3v) is 6.38. The van der Waals surface area contributed by atoms with Crippen LogP contribution in [0.4, 0.5) is 14.5 Å². The number of amides is 1. The average Bonchev–Trinajstić information content (AvgIpc) is 3.40. The van der Waals surface area contributed by atoms with Crippen LogP contribution in [0.5, 0.6) is 11.5 Å². The number of aliphatic hydroxyl groups is 1. The lowest BCUT2D eigenvalue weighted by molar-refractivity contribution is -0.132. The number of anilines is 1. The van der Waals surface area contributed by atoms with Crippen molar-refractivity contribution in [1.29, 1.82) is 0 Å². The van der Waals surface area contributed by atoms with E-state index in [2.05, 4.69) is 0 Å². The van der Waals surface area contributed by atoms with E-state index in [4.69, 9.17) is 21.1 Å². The molecule has 1 unspecified atom stereocenters. The minimum atomic E-state index is -1.16. The fraction of sp³-hybridized carbons (Fsp3) is 0.130. The number of aliphatic hydroxyl groups excluding tert-OH is 1. The van der Waals surface area contributed by atoms with Gasteiger partial charge in [-0.2, -0.15) is 0 Å². The second-order valence-electron chi connectivity index (χ2n) is 6.97. The summed E-state index contributed by atoms with van der Waals surface area (Å²) in [4.78, 5) is 27.5. The van der Waals surface area contributed by atoms with Gasteiger partial charge in [-0.1, -0.05) is 17.7 Å². The van der Waals surface area contributed by atoms with Gasteiger partial charge in [0, 0.05) is 17.0 Å². The summed E-state index contributed by atoms with van der Waals surface area (Å²) < 4.78 is 38.6. The van der Waals surface area contributed by atoms with Crippen molar-refractivity contribution in [1.82, 2.24) is 0 Å². The summed E-state index contributed by atoms with van der Waals surface area (Å²) in [5.74, 6) is -4.19. The van der Waals surface area contributed by atoms with Crippen LogP contribution >= 0.6 is 22.9 Å². The Morgan fingerprint density at radius 3 is 2.42 bits per heavy atom. The number of hydrogen-bond donors (Lipinski definition) is 1. The number of rotatable bonds is 5. The van der Waals surface area contributed by atoms with E-state index in [0.717, 1.165) is 17.0 Å². The molecule has 0 aliphatic carbocycles. The van der Waals surface area contributed by atoms with Crippen molar-refractivity contribution < 1.29 is 33.0 Å². The standard InChI is InChI=1S/C23H16ClF2NO5S/c1-31-16-10-13(24)17(32-2)9-12(16)21(28)19-20(18-4-3-7-33-18)27(23(30)22(19)29)15-6-5-11(25)8-14(15)26/h3-10,20,28H,1-2H3/b21-19+. The first-order valence-corrected chi connectivity index (χ1v) is 10.8. The van der Waals surface area contributed by atoms with Crippen molar-refractivity contribution in [2.24, 2.45) is 0 Å². The molecule has 0 saturated carbocycles. The first-order valence-electron chi connectivity index (χ1n) is 9.49. The Kier molecular flexibility index (Phi) is 6.09. The first-order chi connectivity index (χ1) is 15.8. The Balaban J connectivity index is 1.99. The highest BCUT2D eigenvalue weighted by Gasteiger charge is 2.48. The number of ether oxygens (including phenoxy) is 2. The van der Waals surface area contributed by atoms with E-state index in [1.165, 1.54) is 37.7 Å². The van der Waals surface area contributed by atoms with Crippen molar-refractivity contribution in [3.8, 4) is 11.5 Å². The van der Waals surface area contributed by atoms with Crippen LogP contribution in [0.1, 0.15) is 16.5 Å². The molecule has 6 nitrogen and oxygen atoms in total. The van der Waals surface area contributed by atoms with Gasteiger partial charge in [-0.05, 0) is 29.6 Å². The minimum absolute atomic E-state index is 0.0536. The number of nitrogens with zero attached hydrogens (tertiary/aromatic N) is 1. The van der Waals surface area contributed by atoms with Crippen molar-refractivity contribution in [2.45, 2.75) is 6.04 Å². The zero-order valence-electron chi connectivity index (χ0n) is 17.3. The molecule has 2 aromatic carbocycles. The molecule has 0 spiro atoms. The van der Waals surface area contributed by atoms with E-state index < -0.39 is 35.1 Å². The normalized spacial score (nSPS) is 17.5. The molecule has 0 bridgehead atoms. The summed E-state index contributed by atoms with van der Waals surface area (Å²) in [6, 6.07) is 7.61. The van der Waals surface area contributed by atoms with Gasteiger partial charge in [0.15, 0.2) is 0 Å². The van der Waals surface area contributed by atoms with E-state index in [0.29, 0.717) is 10.9 Å². The van der Waals surface area contributed by atoms with Crippen molar-refractivity contribution >= 4 is 46.1 Å². The van der Waals surface area contributed by atoms with Crippen LogP contribution < -0.4 is 14.4 Å². The van der Waals surface area contributed by atoms with Gasteiger partial charge in [-0.3, -0.25) is 14.5 Å². The van der Waals surface area contributed by atoms with Gasteiger partial charge in [-0.25, -0.2) is 8.78 Å². The van der Waals surface area contributed by atoms with Crippen LogP contribution in [0.25, 0.3) is 5.76 Å². The number of benzene rings is 2. The van der Waals surface area contributed by atoms with E-state index in [1.807, 2.05) is 0 Å². The third kappa shape index (κ3) is 3.83. The highest BCUT2D eigenvalue weighted by Crippen LogP contribution is 2.46. The molecule has 1 aromatic heterocycles. The second-order valence-corrected chi connectivity index (χ2v) is 8.35. The Hall–Kier alpha value is -3.43. The first kappa shape index (κ1) is 22.8. The molecule has 33 heavy (non-hydrogen) atoms. The van der Waals surface area contributed by atoms with Crippen LogP contribution in [0.2, 0.25) is 5.02 Å². The highest BCUT2D eigenvalue weighted by molar-refractivity contribution is 7.10. The van der Waals surface area contributed by atoms with Crippen molar-refractivity contribution in [3.63, 3.8) is 0 Å². The highest BCUT2D eigenvalue weighted by atomic mass is 35.5. The van der Waals surface area contributed by atoms with E-state index >= 15 is 0 Å². The molecular weight excluding hydrogens is 476 g/mol. The number of ketones is 1. The quantitative estimate of drug-likeness (QED) is 0.297. The lowest BCUT2D eigenvalue weighted by Crippen LogP contribution is -2.30. The van der Waals surface area contributed by atoms with Crippen LogP contribution in [0, 0.1) is 11.6 Å². The van der Waals surface area contributed by atoms with Crippen LogP contribution in [-0.2, 0) is 9.59 Å². The van der Waals surface area contributed by atoms with Crippen LogP contribution in [0.3, 0.4) is 0 Å². The lowest BCUT2D eigenvalue weighted by Gasteiger charge is -2.24. The average molecular weight is 492 g/mol. The fourth-order valence-corrected chi connectivity index (χ4v) is 4.72. The minimum Gasteiger partial charge on any atom is -0.507 e. The molecule has 170 valence electrons. The number of Topliss-reactive ketones (excluding diaryl/α,β-unsaturated/α-hetero) is 1. The van der Waals surface area contributed by atoms with Crippen molar-refractivity contribution in [2.75, 3.05) is 19.1 Å². The maximum Gasteiger partial charge on any atom is 0.300 e. The summed E-state index contributed by atoms with van der Waals surface area (Å²) in [5, 5.41) is 13.1. The Bertz CT molecular complexity index is 1290. The zero-order valence-corrected chi connectivity index (χ0v) is 18.8. The summed E-state index contributed by atoms with van der Waals surface area (Å²) in [6.45, 7) is 0. The molecule has 1 amide bonds. The molecule has 1 aliphatic heterocycles. The maximum atomic E-state index is 14.7. The summed E-state index contributed by atoms with van der Waals surface area (Å²) in [7, 11) is 2.72. The van der Waals surface area contributed by atoms with Gasteiger partial charge in [0.2, 0.25) is 0 Å². The second kappa shape index (κ2) is 8.84. The van der Waals surface area contributed by atoms with Gasteiger partial charge in [0.25, 0.3) is 11.7 Å². The summed E-state index contributed by atoms with van der Waals surface area (Å²) >= 11 is 7.34. The van der Waals surface area contributed by atoms with Crippen LogP contribution in [0.15, 0.2) is 53.4 Å². The molecule has 1 aliphatic rings. The smallest absolute Gasteiger partial charge is 0.300 e. The van der Waals surface area contributed by atoms with Crippen LogP contribution in [-0.4, -0.2) is 31.0 Å². The van der Waals surface area contributed by atoms with Gasteiger partial charge in [-0.15, -0.1) is 11.3 Å². The number of methoxy groups -OCH3 is 2. The largest absolute Gasteiger partial charge is 0.507 e. The number of carbonyl (C=O) groups excluding carboxylic acids is 2. The molecule has 3 aromatic rings. The zero-order chi connectivity index (χ0) is 23.9. The number of carbonyl (C=O) groups is 2. The molecule has 1 fully saturated rings.